The van der Waals surface area contributed by atoms with Crippen LogP contribution in [-0.4, -0.2) is 0 Å². The summed E-state index contributed by atoms with van der Waals surface area (Å²) in [5.74, 6) is 7.45. The van der Waals surface area contributed by atoms with Crippen LogP contribution < -0.4 is 11.3 Å². The Kier molecular flexibility index (Phi) is 5.43. The second-order valence-corrected chi connectivity index (χ2v) is 6.75. The van der Waals surface area contributed by atoms with Crippen LogP contribution in [0.1, 0.15) is 56.2 Å². The predicted molar refractivity (Wildman–Crippen MR) is 84.7 cm³/mol. The van der Waals surface area contributed by atoms with Gasteiger partial charge in [-0.05, 0) is 54.9 Å². The summed E-state index contributed by atoms with van der Waals surface area (Å²) in [5.41, 5.74) is 5.74. The first kappa shape index (κ1) is 15.0. The van der Waals surface area contributed by atoms with E-state index in [9.17, 15) is 0 Å². The van der Waals surface area contributed by atoms with Crippen molar-refractivity contribution < 1.29 is 0 Å². The maximum Gasteiger partial charge on any atom is 0.0491 e. The molecule has 1 aliphatic rings. The highest BCUT2D eigenvalue weighted by Crippen LogP contribution is 2.38. The standard InChI is InChI=1S/C16H25BrN2/c1-3-12-5-7-13(8-6-12)16(19-18)15-10-14(17)9-4-11(15)2/h4,9-10,12-13,16,19H,3,5-8,18H2,1-2H3. The van der Waals surface area contributed by atoms with Gasteiger partial charge >= 0.3 is 0 Å². The lowest BCUT2D eigenvalue weighted by molar-refractivity contribution is 0.219. The molecule has 1 fully saturated rings. The summed E-state index contributed by atoms with van der Waals surface area (Å²) in [5, 5.41) is 0. The summed E-state index contributed by atoms with van der Waals surface area (Å²) < 4.78 is 1.13. The summed E-state index contributed by atoms with van der Waals surface area (Å²) in [7, 11) is 0. The highest BCUT2D eigenvalue weighted by atomic mass is 79.9. The fourth-order valence-corrected chi connectivity index (χ4v) is 3.73. The Morgan fingerprint density at radius 1 is 1.32 bits per heavy atom. The average Bonchev–Trinajstić information content (AvgIpc) is 2.44. The first-order valence-electron chi connectivity index (χ1n) is 7.37. The predicted octanol–water partition coefficient (Wildman–Crippen LogP) is 4.48. The van der Waals surface area contributed by atoms with E-state index >= 15 is 0 Å². The van der Waals surface area contributed by atoms with Crippen LogP contribution in [0.25, 0.3) is 0 Å². The SMILES string of the molecule is CCC1CCC(C(NN)c2cc(Br)ccc2C)CC1. The number of rotatable bonds is 4. The minimum absolute atomic E-state index is 0.287. The molecule has 1 atom stereocenters. The Balaban J connectivity index is 2.14. The highest BCUT2D eigenvalue weighted by Gasteiger charge is 2.28. The molecule has 0 spiro atoms. The number of nitrogens with two attached hydrogens (primary N) is 1. The molecule has 0 heterocycles. The molecule has 3 N–H and O–H groups in total. The van der Waals surface area contributed by atoms with E-state index in [1.807, 2.05) is 0 Å². The first-order valence-corrected chi connectivity index (χ1v) is 8.17. The third kappa shape index (κ3) is 3.59. The Labute approximate surface area is 125 Å². The van der Waals surface area contributed by atoms with Crippen molar-refractivity contribution in [3.05, 3.63) is 33.8 Å². The summed E-state index contributed by atoms with van der Waals surface area (Å²) in [4.78, 5) is 0. The molecule has 1 unspecified atom stereocenters. The first-order chi connectivity index (χ1) is 9.15. The molecule has 2 rings (SSSR count). The molecule has 0 saturated heterocycles. The van der Waals surface area contributed by atoms with Gasteiger partial charge in [-0.2, -0.15) is 0 Å². The van der Waals surface area contributed by atoms with Gasteiger partial charge < -0.3 is 0 Å². The highest BCUT2D eigenvalue weighted by molar-refractivity contribution is 9.10. The molecule has 2 nitrogen and oxygen atoms in total. The molecule has 0 aliphatic heterocycles. The lowest BCUT2D eigenvalue weighted by atomic mass is 9.75. The normalized spacial score (nSPS) is 25.3. The van der Waals surface area contributed by atoms with Gasteiger partial charge in [0.05, 0.1) is 0 Å². The molecule has 0 bridgehead atoms. The van der Waals surface area contributed by atoms with Crippen molar-refractivity contribution in [1.82, 2.24) is 5.43 Å². The van der Waals surface area contributed by atoms with Gasteiger partial charge in [-0.15, -0.1) is 0 Å². The van der Waals surface area contributed by atoms with E-state index in [0.29, 0.717) is 5.92 Å². The van der Waals surface area contributed by atoms with Crippen molar-refractivity contribution in [2.24, 2.45) is 17.7 Å². The second-order valence-electron chi connectivity index (χ2n) is 5.83. The van der Waals surface area contributed by atoms with Crippen LogP contribution in [0.15, 0.2) is 22.7 Å². The van der Waals surface area contributed by atoms with Crippen LogP contribution in [0.5, 0.6) is 0 Å². The molecular weight excluding hydrogens is 300 g/mol. The summed E-state index contributed by atoms with van der Waals surface area (Å²) in [6, 6.07) is 6.77. The molecule has 0 aromatic heterocycles. The minimum Gasteiger partial charge on any atom is -0.271 e. The van der Waals surface area contributed by atoms with Crippen molar-refractivity contribution in [1.29, 1.82) is 0 Å². The van der Waals surface area contributed by atoms with Gasteiger partial charge in [0.15, 0.2) is 0 Å². The molecule has 0 amide bonds. The van der Waals surface area contributed by atoms with E-state index in [4.69, 9.17) is 5.84 Å². The molecule has 1 aromatic rings. The van der Waals surface area contributed by atoms with E-state index in [1.54, 1.807) is 0 Å². The zero-order valence-electron chi connectivity index (χ0n) is 12.0. The van der Waals surface area contributed by atoms with Gasteiger partial charge in [0.1, 0.15) is 0 Å². The Hall–Kier alpha value is -0.380. The maximum atomic E-state index is 5.86. The molecular formula is C16H25BrN2. The Morgan fingerprint density at radius 2 is 2.00 bits per heavy atom. The summed E-state index contributed by atoms with van der Waals surface area (Å²) in [6.45, 7) is 4.48. The van der Waals surface area contributed by atoms with Crippen LogP contribution in [-0.2, 0) is 0 Å². The van der Waals surface area contributed by atoms with Crippen molar-refractivity contribution in [2.75, 3.05) is 0 Å². The Morgan fingerprint density at radius 3 is 2.58 bits per heavy atom. The number of benzene rings is 1. The number of hydrazine groups is 1. The molecule has 1 saturated carbocycles. The van der Waals surface area contributed by atoms with Gasteiger partial charge in [0.2, 0.25) is 0 Å². The molecule has 106 valence electrons. The molecule has 1 aromatic carbocycles. The number of nitrogens with one attached hydrogen (secondary N) is 1. The van der Waals surface area contributed by atoms with E-state index < -0.39 is 0 Å². The Bertz CT molecular complexity index is 411. The second kappa shape index (κ2) is 6.87. The fourth-order valence-electron chi connectivity index (χ4n) is 3.36. The van der Waals surface area contributed by atoms with Crippen molar-refractivity contribution >= 4 is 15.9 Å². The number of hydrogen-bond acceptors (Lipinski definition) is 2. The number of aryl methyl sites for hydroxylation is 1. The molecule has 1 aliphatic carbocycles. The minimum atomic E-state index is 0.287. The van der Waals surface area contributed by atoms with Crippen molar-refractivity contribution in [2.45, 2.75) is 52.0 Å². The lowest BCUT2D eigenvalue weighted by Crippen LogP contribution is -2.35. The van der Waals surface area contributed by atoms with Gasteiger partial charge in [0.25, 0.3) is 0 Å². The van der Waals surface area contributed by atoms with E-state index in [1.165, 1.54) is 43.2 Å². The van der Waals surface area contributed by atoms with Crippen molar-refractivity contribution in [3.63, 3.8) is 0 Å². The average molecular weight is 325 g/mol. The maximum absolute atomic E-state index is 5.86. The van der Waals surface area contributed by atoms with Crippen LogP contribution in [0.3, 0.4) is 0 Å². The topological polar surface area (TPSA) is 38.0 Å². The third-order valence-corrected chi connectivity index (χ3v) is 5.19. The lowest BCUT2D eigenvalue weighted by Gasteiger charge is -2.34. The fraction of sp³-hybridized carbons (Fsp3) is 0.625. The monoisotopic (exact) mass is 324 g/mol. The zero-order chi connectivity index (χ0) is 13.8. The van der Waals surface area contributed by atoms with E-state index in [0.717, 1.165) is 10.4 Å². The van der Waals surface area contributed by atoms with E-state index in [2.05, 4.69) is 53.4 Å². The van der Waals surface area contributed by atoms with Gasteiger partial charge in [-0.25, -0.2) is 0 Å². The number of hydrogen-bond donors (Lipinski definition) is 2. The van der Waals surface area contributed by atoms with Gasteiger partial charge in [-0.1, -0.05) is 48.2 Å². The molecule has 19 heavy (non-hydrogen) atoms. The van der Waals surface area contributed by atoms with Crippen LogP contribution in [0.2, 0.25) is 0 Å². The number of halogens is 1. The smallest absolute Gasteiger partial charge is 0.0491 e. The van der Waals surface area contributed by atoms with Gasteiger partial charge in [0, 0.05) is 10.5 Å². The summed E-state index contributed by atoms with van der Waals surface area (Å²) in [6.07, 6.45) is 6.61. The van der Waals surface area contributed by atoms with Gasteiger partial charge in [-0.3, -0.25) is 11.3 Å². The zero-order valence-corrected chi connectivity index (χ0v) is 13.5. The largest absolute Gasteiger partial charge is 0.271 e. The third-order valence-electron chi connectivity index (χ3n) is 4.70. The molecule has 3 heteroatoms. The van der Waals surface area contributed by atoms with Crippen LogP contribution in [0, 0.1) is 18.8 Å². The van der Waals surface area contributed by atoms with E-state index in [-0.39, 0.29) is 6.04 Å². The van der Waals surface area contributed by atoms with Crippen LogP contribution >= 0.6 is 15.9 Å². The summed E-state index contributed by atoms with van der Waals surface area (Å²) >= 11 is 3.57. The van der Waals surface area contributed by atoms with Crippen LogP contribution in [0.4, 0.5) is 0 Å². The quantitative estimate of drug-likeness (QED) is 0.633. The van der Waals surface area contributed by atoms with Crippen molar-refractivity contribution in [3.8, 4) is 0 Å². The molecule has 0 radical (unpaired) electrons.